The smallest absolute Gasteiger partial charge is 0.410 e. The Bertz CT molecular complexity index is 1800. The summed E-state index contributed by atoms with van der Waals surface area (Å²) in [6.45, 7) is 12.4. The van der Waals surface area contributed by atoms with Crippen LogP contribution in [0.4, 0.5) is 16.2 Å². The van der Waals surface area contributed by atoms with E-state index in [4.69, 9.17) is 9.47 Å². The van der Waals surface area contributed by atoms with Crippen LogP contribution in [0.5, 0.6) is 11.5 Å². The first-order valence-electron chi connectivity index (χ1n) is 17.1. The molecule has 14 heteroatoms. The van der Waals surface area contributed by atoms with Gasteiger partial charge in [0.1, 0.15) is 22.8 Å². The molecule has 1 aromatic heterocycles. The Hall–Kier alpha value is -3.76. The maximum Gasteiger partial charge on any atom is 0.410 e. The lowest BCUT2D eigenvalue weighted by Gasteiger charge is -2.61. The number of nitro benzene ring substituents is 1. The number of amides is 1. The Morgan fingerprint density at radius 1 is 1.08 bits per heavy atom. The summed E-state index contributed by atoms with van der Waals surface area (Å²) in [6, 6.07) is 14.4. The summed E-state index contributed by atoms with van der Waals surface area (Å²) in [4.78, 5) is 44.7. The Balaban J connectivity index is 1.10. The quantitative estimate of drug-likeness (QED) is 0.0831. The minimum absolute atomic E-state index is 0.0715. The van der Waals surface area contributed by atoms with Gasteiger partial charge in [0, 0.05) is 149 Å². The number of rotatable bonds is 11. The van der Waals surface area contributed by atoms with Gasteiger partial charge in [0.05, 0.1) is 4.92 Å². The van der Waals surface area contributed by atoms with E-state index in [-0.39, 0.29) is 11.8 Å². The molecule has 51 heavy (non-hydrogen) atoms. The van der Waals surface area contributed by atoms with Crippen LogP contribution in [-0.2, 0) is 4.74 Å². The molecule has 0 bridgehead atoms. The number of benzene rings is 2. The number of aldehydes is 1. The first kappa shape index (κ1) is 37.0. The second-order valence-electron chi connectivity index (χ2n) is 15.1. The van der Waals surface area contributed by atoms with Crippen molar-refractivity contribution in [1.82, 2.24) is 18.7 Å². The third-order valence-electron chi connectivity index (χ3n) is 9.58. The van der Waals surface area contributed by atoms with Crippen LogP contribution in [0, 0.1) is 21.4 Å². The molecule has 272 valence electrons. The first-order valence-corrected chi connectivity index (χ1v) is 20.4. The molecule has 12 nitrogen and oxygen atoms in total. The predicted octanol–water partition coefficient (Wildman–Crippen LogP) is 7.57. The first-order chi connectivity index (χ1) is 24.3. The van der Waals surface area contributed by atoms with Gasteiger partial charge in [-0.25, -0.2) is 4.79 Å². The molecule has 3 aliphatic rings. The summed E-state index contributed by atoms with van der Waals surface area (Å²) in [7, 11) is 5.10. The van der Waals surface area contributed by atoms with Gasteiger partial charge in [-0.15, -0.1) is 0 Å². The monoisotopic (exact) mass is 828 g/mol. The number of aromatic nitrogens is 1. The van der Waals surface area contributed by atoms with Gasteiger partial charge in [-0.1, -0.05) is 6.07 Å². The Labute approximate surface area is 315 Å². The van der Waals surface area contributed by atoms with Crippen molar-refractivity contribution in [3.8, 4) is 11.5 Å². The molecule has 4 heterocycles. The molecule has 1 spiro atoms. The molecular formula is C37H45IN6O6S. The highest BCUT2D eigenvalue weighted by Gasteiger charge is 2.52. The highest BCUT2D eigenvalue weighted by molar-refractivity contribution is 14.2. The van der Waals surface area contributed by atoms with Crippen molar-refractivity contribution in [2.75, 3.05) is 64.8 Å². The minimum atomic E-state index is -0.473. The largest absolute Gasteiger partial charge is 0.457 e. The molecule has 0 radical (unpaired) electrons. The fourth-order valence-electron chi connectivity index (χ4n) is 7.34. The molecule has 3 aromatic rings. The van der Waals surface area contributed by atoms with Crippen molar-refractivity contribution in [2.24, 2.45) is 11.3 Å². The van der Waals surface area contributed by atoms with E-state index in [0.717, 1.165) is 70.6 Å². The predicted molar refractivity (Wildman–Crippen MR) is 209 cm³/mol. The molecule has 0 atom stereocenters. The van der Waals surface area contributed by atoms with Crippen LogP contribution in [0.2, 0.25) is 0 Å². The highest BCUT2D eigenvalue weighted by atomic mass is 127. The Morgan fingerprint density at radius 2 is 1.80 bits per heavy atom. The van der Waals surface area contributed by atoms with Gasteiger partial charge in [-0.05, 0) is 63.8 Å². The van der Waals surface area contributed by atoms with Crippen molar-refractivity contribution >= 4 is 59.7 Å². The summed E-state index contributed by atoms with van der Waals surface area (Å²) < 4.78 is 13.8. The molecule has 0 N–H and O–H groups in total. The number of carbonyl (C=O) groups is 2. The number of hydrogen-bond donors (Lipinski definition) is 0. The van der Waals surface area contributed by atoms with Crippen molar-refractivity contribution in [3.63, 3.8) is 0 Å². The molecule has 2 aromatic carbocycles. The molecule has 6 rings (SSSR count). The number of nitro groups is 1. The van der Waals surface area contributed by atoms with Gasteiger partial charge in [0.2, 0.25) is 0 Å². The van der Waals surface area contributed by atoms with Crippen LogP contribution in [0.3, 0.4) is 0 Å². The Morgan fingerprint density at radius 3 is 2.43 bits per heavy atom. The molecule has 0 unspecified atom stereocenters. The van der Waals surface area contributed by atoms with E-state index in [2.05, 4.69) is 37.1 Å². The topological polar surface area (TPSA) is 114 Å². The lowest BCUT2D eigenvalue weighted by molar-refractivity contribution is -0.384. The standard InChI is InChI=1S/C37H45IN6O6S/c1-36(2,3)50-35(46)41-14-11-26(12-15-41)19-40-22-37(23-40)24-42(25-37)27-7-6-8-29(17-27)49-34-10-9-28(44(47)48)18-31(34)32(20-39(4)5)30-13-16-43(51-38)33(30)21-45/h6-10,13,16-18,20-21,26H,11-12,14-15,19,22-25H2,1-5H3/b32-20+. The lowest BCUT2D eigenvalue weighted by Crippen LogP contribution is -2.72. The van der Waals surface area contributed by atoms with Crippen molar-refractivity contribution < 1.29 is 24.0 Å². The maximum atomic E-state index is 12.4. The van der Waals surface area contributed by atoms with Gasteiger partial charge in [-0.2, -0.15) is 0 Å². The normalized spacial score (nSPS) is 17.9. The minimum Gasteiger partial charge on any atom is -0.457 e. The van der Waals surface area contributed by atoms with Gasteiger partial charge >= 0.3 is 6.09 Å². The molecule has 3 saturated heterocycles. The lowest BCUT2D eigenvalue weighted by atomic mass is 9.72. The molecule has 3 fully saturated rings. The van der Waals surface area contributed by atoms with Crippen LogP contribution >= 0.6 is 30.3 Å². The molecule has 3 aliphatic heterocycles. The number of hydrogen-bond acceptors (Lipinski definition) is 10. The van der Waals surface area contributed by atoms with E-state index in [0.29, 0.717) is 45.2 Å². The number of anilines is 1. The van der Waals surface area contributed by atoms with Crippen LogP contribution < -0.4 is 9.64 Å². The number of non-ortho nitro benzene ring substituents is 1. The van der Waals surface area contributed by atoms with Crippen LogP contribution in [0.15, 0.2) is 60.9 Å². The average molecular weight is 829 g/mol. The number of halogens is 1. The fraction of sp³-hybridized carbons (Fsp3) is 0.459. The number of nitrogens with zero attached hydrogens (tertiary/aromatic N) is 6. The van der Waals surface area contributed by atoms with Crippen molar-refractivity contribution in [3.05, 3.63) is 87.9 Å². The van der Waals surface area contributed by atoms with Crippen molar-refractivity contribution in [1.29, 1.82) is 0 Å². The number of carbonyl (C=O) groups excluding carboxylic acids is 2. The summed E-state index contributed by atoms with van der Waals surface area (Å²) >= 11 is 2.11. The number of piperidine rings is 1. The van der Waals surface area contributed by atoms with Crippen LogP contribution in [0.1, 0.15) is 55.2 Å². The van der Waals surface area contributed by atoms with Gasteiger partial charge in [0.15, 0.2) is 6.29 Å². The zero-order chi connectivity index (χ0) is 36.5. The van der Waals surface area contributed by atoms with Crippen molar-refractivity contribution in [2.45, 2.75) is 39.2 Å². The average Bonchev–Trinajstić information content (AvgIpc) is 3.47. The van der Waals surface area contributed by atoms with Crippen LogP contribution in [-0.4, -0.2) is 101 Å². The zero-order valence-corrected chi connectivity index (χ0v) is 32.7. The van der Waals surface area contributed by atoms with Gasteiger partial charge < -0.3 is 29.1 Å². The molecule has 1 amide bonds. The van der Waals surface area contributed by atoms with E-state index in [1.54, 1.807) is 16.2 Å². The summed E-state index contributed by atoms with van der Waals surface area (Å²) in [5, 5.41) is 11.9. The summed E-state index contributed by atoms with van der Waals surface area (Å²) in [6.07, 6.45) is 6.26. The number of ether oxygens (including phenoxy) is 2. The second kappa shape index (κ2) is 15.1. The number of likely N-dealkylation sites (tertiary alicyclic amines) is 2. The third kappa shape index (κ3) is 8.49. The summed E-state index contributed by atoms with van der Waals surface area (Å²) in [5.41, 5.74) is 3.06. The van der Waals surface area contributed by atoms with Gasteiger partial charge in [-0.3, -0.25) is 18.9 Å². The molecule has 0 saturated carbocycles. The van der Waals surface area contributed by atoms with E-state index in [1.807, 2.05) is 75.1 Å². The van der Waals surface area contributed by atoms with E-state index in [9.17, 15) is 19.7 Å². The van der Waals surface area contributed by atoms with Crippen LogP contribution in [0.25, 0.3) is 5.57 Å². The van der Waals surface area contributed by atoms with E-state index in [1.165, 1.54) is 21.3 Å². The third-order valence-corrected chi connectivity index (χ3v) is 11.3. The maximum absolute atomic E-state index is 12.4. The second-order valence-corrected chi connectivity index (χ2v) is 16.8. The summed E-state index contributed by atoms with van der Waals surface area (Å²) in [5.74, 6) is 1.67. The van der Waals surface area contributed by atoms with E-state index < -0.39 is 10.5 Å². The van der Waals surface area contributed by atoms with Gasteiger partial charge in [0.25, 0.3) is 5.69 Å². The fourth-order valence-corrected chi connectivity index (χ4v) is 8.69. The SMILES string of the molecule is CN(C)/C=C(/c1cc([N+](=O)[O-])ccc1Oc1cccc(N2CC3(CN(CC4CCN(C(=O)OC(C)(C)C)CC4)C3)C2)c1)c1ccn(SI)c1C=O. The Kier molecular flexibility index (Phi) is 10.9. The molecular weight excluding hydrogens is 783 g/mol. The highest BCUT2D eigenvalue weighted by Crippen LogP contribution is 2.44. The molecule has 0 aliphatic carbocycles. The van der Waals surface area contributed by atoms with E-state index >= 15 is 0 Å². The zero-order valence-electron chi connectivity index (χ0n) is 29.7.